The van der Waals surface area contributed by atoms with Crippen LogP contribution in [0, 0.1) is 0 Å². The van der Waals surface area contributed by atoms with Crippen LogP contribution < -0.4 is 16.6 Å². The quantitative estimate of drug-likeness (QED) is 0.567. The molecule has 0 aliphatic heterocycles. The van der Waals surface area contributed by atoms with Gasteiger partial charge in [0.15, 0.2) is 0 Å². The van der Waals surface area contributed by atoms with Crippen LogP contribution in [0.25, 0.3) is 0 Å². The van der Waals surface area contributed by atoms with Gasteiger partial charge in [0.25, 0.3) is 5.91 Å². The highest BCUT2D eigenvalue weighted by molar-refractivity contribution is 7.99. The van der Waals surface area contributed by atoms with E-state index in [1.165, 1.54) is 12.8 Å². The largest absolute Gasteiger partial charge is 0.347 e. The smallest absolute Gasteiger partial charge is 0.270 e. The van der Waals surface area contributed by atoms with Gasteiger partial charge in [0.2, 0.25) is 0 Å². The molecular formula is C12H18N4OS. The summed E-state index contributed by atoms with van der Waals surface area (Å²) in [6.45, 7) is 0. The molecule has 2 unspecified atom stereocenters. The number of amides is 1. The lowest BCUT2D eigenvalue weighted by Crippen LogP contribution is -2.39. The number of pyridine rings is 1. The summed E-state index contributed by atoms with van der Waals surface area (Å²) in [5.41, 5.74) is 2.84. The maximum Gasteiger partial charge on any atom is 0.270 e. The second kappa shape index (κ2) is 6.06. The highest BCUT2D eigenvalue weighted by atomic mass is 32.2. The molecule has 1 aromatic heterocycles. The average Bonchev–Trinajstić information content (AvgIpc) is 2.86. The zero-order chi connectivity index (χ0) is 13.0. The molecule has 1 aliphatic carbocycles. The normalized spacial score (nSPS) is 22.8. The van der Waals surface area contributed by atoms with Gasteiger partial charge >= 0.3 is 0 Å². The third kappa shape index (κ3) is 2.94. The minimum absolute atomic E-state index is 0.127. The van der Waals surface area contributed by atoms with E-state index in [9.17, 15) is 4.79 Å². The van der Waals surface area contributed by atoms with Crippen molar-refractivity contribution in [2.75, 3.05) is 11.7 Å². The first-order valence-corrected chi connectivity index (χ1v) is 7.30. The van der Waals surface area contributed by atoms with E-state index in [1.807, 2.05) is 11.8 Å². The van der Waals surface area contributed by atoms with Gasteiger partial charge in [-0.05, 0) is 31.2 Å². The molecule has 4 N–H and O–H groups in total. The summed E-state index contributed by atoms with van der Waals surface area (Å²) in [6.07, 6.45) is 5.48. The number of rotatable bonds is 4. The first-order valence-electron chi connectivity index (χ1n) is 6.02. The van der Waals surface area contributed by atoms with E-state index in [2.05, 4.69) is 22.0 Å². The molecule has 1 saturated carbocycles. The monoisotopic (exact) mass is 266 g/mol. The Morgan fingerprint density at radius 3 is 3.06 bits per heavy atom. The van der Waals surface area contributed by atoms with Crippen molar-refractivity contribution in [2.24, 2.45) is 5.84 Å². The van der Waals surface area contributed by atoms with E-state index in [0.717, 1.165) is 6.42 Å². The van der Waals surface area contributed by atoms with Gasteiger partial charge < -0.3 is 10.7 Å². The van der Waals surface area contributed by atoms with Crippen LogP contribution in [0.1, 0.15) is 29.8 Å². The number of nitrogens with two attached hydrogens (primary N) is 1. The first-order chi connectivity index (χ1) is 8.74. The van der Waals surface area contributed by atoms with Crippen molar-refractivity contribution in [1.29, 1.82) is 0 Å². The van der Waals surface area contributed by atoms with Gasteiger partial charge in [-0.25, -0.2) is 10.8 Å². The molecule has 2 rings (SSSR count). The molecule has 5 nitrogen and oxygen atoms in total. The molecule has 1 fully saturated rings. The van der Waals surface area contributed by atoms with Crippen LogP contribution in [0.5, 0.6) is 0 Å². The summed E-state index contributed by atoms with van der Waals surface area (Å²) in [5, 5.41) is 3.57. The van der Waals surface area contributed by atoms with E-state index in [0.29, 0.717) is 16.8 Å². The maximum atomic E-state index is 12.1. The standard InChI is InChI=1S/C12H18N4OS/c1-18-10-6-2-4-8(10)15-12(17)9-5-3-7-11(14-9)16-13/h3,5,7-8,10H,2,4,6,13H2,1H3,(H,14,16)(H,15,17). The predicted molar refractivity (Wildman–Crippen MR) is 74.5 cm³/mol. The fraction of sp³-hybridized carbons (Fsp3) is 0.500. The van der Waals surface area contributed by atoms with Gasteiger partial charge in [-0.1, -0.05) is 12.5 Å². The minimum atomic E-state index is -0.127. The number of nitrogens with one attached hydrogen (secondary N) is 2. The topological polar surface area (TPSA) is 80.0 Å². The number of carbonyl (C=O) groups excluding carboxylic acids is 1. The van der Waals surface area contributed by atoms with E-state index in [-0.39, 0.29) is 11.9 Å². The number of hydrazine groups is 1. The summed E-state index contributed by atoms with van der Waals surface area (Å²) in [5.74, 6) is 5.65. The van der Waals surface area contributed by atoms with Gasteiger partial charge in [-0.2, -0.15) is 11.8 Å². The second-order valence-corrected chi connectivity index (χ2v) is 5.41. The van der Waals surface area contributed by atoms with Crippen molar-refractivity contribution in [3.8, 4) is 0 Å². The Labute approximate surface area is 111 Å². The molecule has 18 heavy (non-hydrogen) atoms. The third-order valence-corrected chi connectivity index (χ3v) is 4.37. The Hall–Kier alpha value is -1.27. The number of nitrogens with zero attached hydrogens (tertiary/aromatic N) is 1. The van der Waals surface area contributed by atoms with Crippen molar-refractivity contribution >= 4 is 23.5 Å². The van der Waals surface area contributed by atoms with Crippen molar-refractivity contribution in [3.63, 3.8) is 0 Å². The third-order valence-electron chi connectivity index (χ3n) is 3.20. The zero-order valence-corrected chi connectivity index (χ0v) is 11.2. The zero-order valence-electron chi connectivity index (χ0n) is 10.3. The van der Waals surface area contributed by atoms with Crippen LogP contribution >= 0.6 is 11.8 Å². The van der Waals surface area contributed by atoms with Crippen LogP contribution in [0.4, 0.5) is 5.82 Å². The van der Waals surface area contributed by atoms with Gasteiger partial charge in [-0.15, -0.1) is 0 Å². The van der Waals surface area contributed by atoms with Gasteiger partial charge in [0.1, 0.15) is 11.5 Å². The van der Waals surface area contributed by atoms with Crippen molar-refractivity contribution < 1.29 is 4.79 Å². The molecule has 6 heteroatoms. The number of carbonyl (C=O) groups is 1. The number of hydrogen-bond acceptors (Lipinski definition) is 5. The maximum absolute atomic E-state index is 12.1. The Morgan fingerprint density at radius 2 is 2.33 bits per heavy atom. The van der Waals surface area contributed by atoms with Crippen molar-refractivity contribution in [1.82, 2.24) is 10.3 Å². The number of aromatic nitrogens is 1. The summed E-state index contributed by atoms with van der Waals surface area (Å²) < 4.78 is 0. The van der Waals surface area contributed by atoms with Crippen molar-refractivity contribution in [3.05, 3.63) is 23.9 Å². The molecular weight excluding hydrogens is 248 g/mol. The van der Waals surface area contributed by atoms with Crippen molar-refractivity contribution in [2.45, 2.75) is 30.6 Å². The molecule has 0 radical (unpaired) electrons. The highest BCUT2D eigenvalue weighted by Gasteiger charge is 2.28. The minimum Gasteiger partial charge on any atom is -0.347 e. The van der Waals surface area contributed by atoms with Crippen LogP contribution in [0.15, 0.2) is 18.2 Å². The molecule has 0 saturated heterocycles. The average molecular weight is 266 g/mol. The number of nitrogen functional groups attached to an aromatic ring is 1. The lowest BCUT2D eigenvalue weighted by atomic mass is 10.2. The molecule has 2 atom stereocenters. The first kappa shape index (κ1) is 13.2. The molecule has 0 bridgehead atoms. The Morgan fingerprint density at radius 1 is 1.50 bits per heavy atom. The Bertz CT molecular complexity index is 426. The predicted octanol–water partition coefficient (Wildman–Crippen LogP) is 1.38. The summed E-state index contributed by atoms with van der Waals surface area (Å²) in [4.78, 5) is 16.2. The molecule has 1 aromatic rings. The highest BCUT2D eigenvalue weighted by Crippen LogP contribution is 2.28. The number of thioether (sulfide) groups is 1. The van der Waals surface area contributed by atoms with E-state index in [4.69, 9.17) is 5.84 Å². The van der Waals surface area contributed by atoms with Gasteiger partial charge in [0.05, 0.1) is 0 Å². The van der Waals surface area contributed by atoms with Crippen LogP contribution in [-0.4, -0.2) is 28.4 Å². The van der Waals surface area contributed by atoms with E-state index < -0.39 is 0 Å². The number of hydrogen-bond donors (Lipinski definition) is 3. The van der Waals surface area contributed by atoms with Crippen LogP contribution in [0.3, 0.4) is 0 Å². The lowest BCUT2D eigenvalue weighted by Gasteiger charge is -2.18. The van der Waals surface area contributed by atoms with E-state index in [1.54, 1.807) is 18.2 Å². The van der Waals surface area contributed by atoms with E-state index >= 15 is 0 Å². The molecule has 0 spiro atoms. The van der Waals surface area contributed by atoms with Gasteiger partial charge in [0, 0.05) is 11.3 Å². The fourth-order valence-electron chi connectivity index (χ4n) is 2.26. The van der Waals surface area contributed by atoms with Gasteiger partial charge in [-0.3, -0.25) is 4.79 Å². The lowest BCUT2D eigenvalue weighted by molar-refractivity contribution is 0.0934. The fourth-order valence-corrected chi connectivity index (χ4v) is 3.19. The van der Waals surface area contributed by atoms with Crippen LogP contribution in [0.2, 0.25) is 0 Å². The second-order valence-electron chi connectivity index (χ2n) is 4.34. The summed E-state index contributed by atoms with van der Waals surface area (Å²) >= 11 is 1.82. The Balaban J connectivity index is 2.02. The summed E-state index contributed by atoms with van der Waals surface area (Å²) in [6, 6.07) is 5.43. The SMILES string of the molecule is CSC1CCCC1NC(=O)c1cccc(NN)n1. The van der Waals surface area contributed by atoms with Crippen LogP contribution in [-0.2, 0) is 0 Å². The Kier molecular flexibility index (Phi) is 4.43. The number of anilines is 1. The molecule has 1 amide bonds. The molecule has 1 heterocycles. The molecule has 1 aliphatic rings. The molecule has 98 valence electrons. The molecule has 0 aromatic carbocycles. The summed E-state index contributed by atoms with van der Waals surface area (Å²) in [7, 11) is 0.